The Morgan fingerprint density at radius 1 is 1.09 bits per heavy atom. The van der Waals surface area contributed by atoms with Crippen molar-refractivity contribution in [1.29, 1.82) is 0 Å². The number of halogens is 4. The summed E-state index contributed by atoms with van der Waals surface area (Å²) >= 11 is 1.50. The van der Waals surface area contributed by atoms with E-state index < -0.39 is 17.2 Å². The van der Waals surface area contributed by atoms with Gasteiger partial charge in [-0.25, -0.2) is 9.37 Å². The van der Waals surface area contributed by atoms with Gasteiger partial charge in [-0.05, 0) is 55.0 Å². The summed E-state index contributed by atoms with van der Waals surface area (Å²) in [6.45, 7) is 1.87. The van der Waals surface area contributed by atoms with E-state index in [4.69, 9.17) is 0 Å². The summed E-state index contributed by atoms with van der Waals surface area (Å²) in [4.78, 5) is 4.26. The smallest absolute Gasteiger partial charge is 0.339 e. The van der Waals surface area contributed by atoms with E-state index in [2.05, 4.69) is 32.6 Å². The van der Waals surface area contributed by atoms with Crippen molar-refractivity contribution in [1.82, 2.24) is 15.2 Å². The lowest BCUT2D eigenvalue weighted by molar-refractivity contribution is -0.137. The van der Waals surface area contributed by atoms with E-state index in [9.17, 15) is 17.6 Å². The molecule has 1 aliphatic carbocycles. The van der Waals surface area contributed by atoms with Crippen LogP contribution in [0.15, 0.2) is 66.0 Å². The monoisotopic (exact) mass is 480 g/mol. The second kappa shape index (κ2) is 8.22. The Bertz CT molecular complexity index is 1420. The van der Waals surface area contributed by atoms with Gasteiger partial charge in [0.1, 0.15) is 11.4 Å². The van der Waals surface area contributed by atoms with Gasteiger partial charge >= 0.3 is 6.18 Å². The fourth-order valence-electron chi connectivity index (χ4n) is 3.75. The van der Waals surface area contributed by atoms with E-state index in [1.807, 2.05) is 25.1 Å². The summed E-state index contributed by atoms with van der Waals surface area (Å²) in [6, 6.07) is 14.5. The van der Waals surface area contributed by atoms with Gasteiger partial charge in [-0.1, -0.05) is 25.1 Å². The zero-order valence-electron chi connectivity index (χ0n) is 17.7. The lowest BCUT2D eigenvalue weighted by atomic mass is 9.77. The number of thiazole rings is 1. The standard InChI is InChI=1S/C25H16F4N4S/c1-24(10-8-17(26)9-11-24)23-19(15-2-4-16(5-3-15)25(27,28)29)13-22(32-33-23)31-18-6-7-20-21(12-18)34-14-30-20/h2,4,6-10,12-14H,11H2,1H3,(H,31,32). The molecule has 2 aromatic heterocycles. The number of hydrogen-bond donors (Lipinski definition) is 1. The lowest BCUT2D eigenvalue weighted by Crippen LogP contribution is -2.23. The second-order valence-corrected chi connectivity index (χ2v) is 8.99. The van der Waals surface area contributed by atoms with Crippen molar-refractivity contribution in [3.8, 4) is 11.1 Å². The predicted octanol–water partition coefficient (Wildman–Crippen LogP) is 7.19. The normalized spacial score (nSPS) is 18.0. The molecule has 9 heteroatoms. The molecule has 1 aliphatic rings. The third kappa shape index (κ3) is 4.24. The van der Waals surface area contributed by atoms with E-state index in [1.54, 1.807) is 17.7 Å². The van der Waals surface area contributed by atoms with Crippen LogP contribution in [0.1, 0.15) is 24.6 Å². The van der Waals surface area contributed by atoms with Crippen molar-refractivity contribution in [3.05, 3.63) is 89.4 Å². The average molecular weight is 480 g/mol. The average Bonchev–Trinajstić information content (AvgIpc) is 3.29. The maximum absolute atomic E-state index is 13.6. The molecule has 4 nitrogen and oxygen atoms in total. The summed E-state index contributed by atoms with van der Waals surface area (Å²) in [6.07, 6.45) is 0.305. The molecule has 0 radical (unpaired) electrons. The SMILES string of the molecule is CC1(c2nnc(Nc3ccc4ncsc4c3)cc2-c2c#cc(C(F)(F)F)cc2)C=CC(F)=CC1. The first-order valence-electron chi connectivity index (χ1n) is 10.3. The zero-order chi connectivity index (χ0) is 23.9. The molecule has 0 saturated heterocycles. The highest BCUT2D eigenvalue weighted by Crippen LogP contribution is 2.39. The largest absolute Gasteiger partial charge is 0.424 e. The molecular weight excluding hydrogens is 464 g/mol. The van der Waals surface area contributed by atoms with Gasteiger partial charge in [0.2, 0.25) is 0 Å². The van der Waals surface area contributed by atoms with Crippen LogP contribution in [-0.2, 0) is 11.6 Å². The molecule has 170 valence electrons. The molecule has 4 aromatic rings. The number of fused-ring (bicyclic) bond motifs is 1. The van der Waals surface area contributed by atoms with Crippen LogP contribution in [0.4, 0.5) is 29.1 Å². The van der Waals surface area contributed by atoms with Gasteiger partial charge in [0.15, 0.2) is 5.82 Å². The number of nitrogens with zero attached hydrogens (tertiary/aromatic N) is 3. The molecule has 0 fully saturated rings. The van der Waals surface area contributed by atoms with Gasteiger partial charge < -0.3 is 5.32 Å². The van der Waals surface area contributed by atoms with E-state index in [0.717, 1.165) is 22.0 Å². The zero-order valence-corrected chi connectivity index (χ0v) is 18.6. The number of hydrogen-bond acceptors (Lipinski definition) is 5. The first-order chi connectivity index (χ1) is 16.2. The third-order valence-electron chi connectivity index (χ3n) is 5.61. The summed E-state index contributed by atoms with van der Waals surface area (Å²) in [5, 5.41) is 11.9. The molecule has 34 heavy (non-hydrogen) atoms. The third-order valence-corrected chi connectivity index (χ3v) is 6.41. The molecule has 2 aromatic carbocycles. The van der Waals surface area contributed by atoms with E-state index in [0.29, 0.717) is 29.1 Å². The van der Waals surface area contributed by atoms with E-state index >= 15 is 0 Å². The van der Waals surface area contributed by atoms with Crippen molar-refractivity contribution in [2.45, 2.75) is 24.9 Å². The van der Waals surface area contributed by atoms with Gasteiger partial charge in [0, 0.05) is 22.2 Å². The first kappa shape index (κ1) is 22.0. The Morgan fingerprint density at radius 3 is 2.65 bits per heavy atom. The Kier molecular flexibility index (Phi) is 5.33. The van der Waals surface area contributed by atoms with Gasteiger partial charge in [0.05, 0.1) is 21.4 Å². The molecule has 0 amide bonds. The molecule has 1 unspecified atom stereocenters. The first-order valence-corrected chi connectivity index (χ1v) is 11.1. The summed E-state index contributed by atoms with van der Waals surface area (Å²) in [5.74, 6) is 0.0548. The van der Waals surface area contributed by atoms with Crippen molar-refractivity contribution in [3.63, 3.8) is 0 Å². The summed E-state index contributed by atoms with van der Waals surface area (Å²) in [7, 11) is 0. The number of nitrogens with one attached hydrogen (secondary N) is 1. The van der Waals surface area contributed by atoms with Crippen LogP contribution in [-0.4, -0.2) is 15.2 Å². The quantitative estimate of drug-likeness (QED) is 0.314. The molecule has 2 heterocycles. The van der Waals surface area contributed by atoms with Crippen LogP contribution < -0.4 is 5.32 Å². The van der Waals surface area contributed by atoms with Gasteiger partial charge in [-0.15, -0.1) is 16.4 Å². The van der Waals surface area contributed by atoms with Crippen LogP contribution in [0.25, 0.3) is 21.3 Å². The van der Waals surface area contributed by atoms with Crippen LogP contribution in [0.5, 0.6) is 0 Å². The fraction of sp³-hybridized carbons (Fsp3) is 0.160. The van der Waals surface area contributed by atoms with Crippen LogP contribution in [0.3, 0.4) is 0 Å². The number of anilines is 2. The Balaban J connectivity index is 1.57. The molecule has 1 N–H and O–H groups in total. The van der Waals surface area contributed by atoms with Gasteiger partial charge in [-0.3, -0.25) is 0 Å². The van der Waals surface area contributed by atoms with Crippen molar-refractivity contribution in [2.75, 3.05) is 5.32 Å². The molecular formula is C25H16F4N4S. The minimum atomic E-state index is -4.52. The topological polar surface area (TPSA) is 50.7 Å². The maximum atomic E-state index is 13.6. The predicted molar refractivity (Wildman–Crippen MR) is 123 cm³/mol. The maximum Gasteiger partial charge on any atom is 0.424 e. The molecule has 0 bridgehead atoms. The van der Waals surface area contributed by atoms with Crippen LogP contribution in [0, 0.1) is 12.1 Å². The Labute approximate surface area is 196 Å². The highest BCUT2D eigenvalue weighted by Gasteiger charge is 2.32. The van der Waals surface area contributed by atoms with Gasteiger partial charge in [-0.2, -0.15) is 18.3 Å². The van der Waals surface area contributed by atoms with Gasteiger partial charge in [0.25, 0.3) is 0 Å². The Hall–Kier alpha value is -3.77. The van der Waals surface area contributed by atoms with Crippen molar-refractivity contribution < 1.29 is 17.6 Å². The molecule has 0 saturated carbocycles. The number of rotatable bonds is 4. The highest BCUT2D eigenvalue weighted by atomic mass is 32.1. The lowest BCUT2D eigenvalue weighted by Gasteiger charge is -2.28. The van der Waals surface area contributed by atoms with Crippen molar-refractivity contribution in [2.24, 2.45) is 0 Å². The number of allylic oxidation sites excluding steroid dienone is 4. The highest BCUT2D eigenvalue weighted by molar-refractivity contribution is 7.16. The molecule has 0 spiro atoms. The number of aromatic nitrogens is 3. The second-order valence-electron chi connectivity index (χ2n) is 8.10. The number of benzene rings is 1. The summed E-state index contributed by atoms with van der Waals surface area (Å²) < 4.78 is 53.8. The van der Waals surface area contributed by atoms with E-state index in [1.165, 1.54) is 29.6 Å². The summed E-state index contributed by atoms with van der Waals surface area (Å²) in [5.41, 5.74) is 3.20. The molecule has 5 rings (SSSR count). The van der Waals surface area contributed by atoms with E-state index in [-0.39, 0.29) is 5.83 Å². The minimum absolute atomic E-state index is 0.330. The van der Waals surface area contributed by atoms with Crippen molar-refractivity contribution >= 4 is 33.1 Å². The fourth-order valence-corrected chi connectivity index (χ4v) is 4.47. The molecule has 1 atom stereocenters. The minimum Gasteiger partial charge on any atom is -0.339 e. The van der Waals surface area contributed by atoms with Crippen LogP contribution >= 0.6 is 11.3 Å². The Morgan fingerprint density at radius 2 is 1.94 bits per heavy atom. The number of alkyl halides is 3. The molecule has 0 aliphatic heterocycles. The van der Waals surface area contributed by atoms with Crippen LogP contribution in [0.2, 0.25) is 0 Å².